The molecule has 170 valence electrons. The van der Waals surface area contributed by atoms with E-state index in [1.807, 2.05) is 78.9 Å². The average Bonchev–Trinajstić information content (AvgIpc) is 3.33. The predicted molar refractivity (Wildman–Crippen MR) is 129 cm³/mol. The minimum Gasteiger partial charge on any atom is -0.496 e. The number of fused-ring (bicyclic) bond motifs is 1. The number of carbonyl (C=O) groups excluding carboxylic acids is 2. The van der Waals surface area contributed by atoms with E-state index in [-0.39, 0.29) is 5.91 Å². The van der Waals surface area contributed by atoms with Gasteiger partial charge in [0.2, 0.25) is 5.91 Å². The Kier molecular flexibility index (Phi) is 5.59. The van der Waals surface area contributed by atoms with Gasteiger partial charge in [-0.15, -0.1) is 0 Å². The first-order chi connectivity index (χ1) is 16.6. The molecule has 3 aromatic carbocycles. The zero-order chi connectivity index (χ0) is 23.7. The number of para-hydroxylation sites is 2. The fourth-order valence-corrected chi connectivity index (χ4v) is 4.43. The third-order valence-electron chi connectivity index (χ3n) is 6.17. The molecule has 2 heterocycles. The Hall–Kier alpha value is -4.39. The van der Waals surface area contributed by atoms with E-state index in [4.69, 9.17) is 15.6 Å². The summed E-state index contributed by atoms with van der Waals surface area (Å²) < 4.78 is 7.23. The van der Waals surface area contributed by atoms with Gasteiger partial charge in [-0.2, -0.15) is 5.10 Å². The first-order valence-electron chi connectivity index (χ1n) is 11.0. The van der Waals surface area contributed by atoms with Gasteiger partial charge in [0.15, 0.2) is 0 Å². The molecular formula is C27H24N4O3. The maximum atomic E-state index is 14.0. The largest absolute Gasteiger partial charge is 0.496 e. The van der Waals surface area contributed by atoms with Crippen LogP contribution in [-0.4, -0.2) is 39.6 Å². The number of methoxy groups -OCH3 is 1. The van der Waals surface area contributed by atoms with E-state index in [1.54, 1.807) is 22.9 Å². The van der Waals surface area contributed by atoms with Crippen LogP contribution in [0.1, 0.15) is 21.5 Å². The van der Waals surface area contributed by atoms with Gasteiger partial charge in [-0.1, -0.05) is 54.6 Å². The number of hydrogen-bond donors (Lipinski definition) is 1. The van der Waals surface area contributed by atoms with Crippen molar-refractivity contribution >= 4 is 11.8 Å². The van der Waals surface area contributed by atoms with Crippen LogP contribution >= 0.6 is 0 Å². The first-order valence-corrected chi connectivity index (χ1v) is 11.0. The van der Waals surface area contributed by atoms with Gasteiger partial charge in [0.05, 0.1) is 18.4 Å². The molecule has 0 fully saturated rings. The lowest BCUT2D eigenvalue weighted by atomic mass is 9.92. The predicted octanol–water partition coefficient (Wildman–Crippen LogP) is 3.60. The minimum atomic E-state index is -0.743. The van der Waals surface area contributed by atoms with E-state index in [2.05, 4.69) is 0 Å². The van der Waals surface area contributed by atoms with Crippen molar-refractivity contribution in [3.8, 4) is 22.7 Å². The van der Waals surface area contributed by atoms with Gasteiger partial charge >= 0.3 is 0 Å². The van der Waals surface area contributed by atoms with Crippen molar-refractivity contribution in [1.29, 1.82) is 0 Å². The SMILES string of the molecule is COc1ccccc1-c1nn(-c2ccccc2)cc1C(=O)N1Cc2ccccc2CC1C(N)=O. The molecule has 5 rings (SSSR count). The highest BCUT2D eigenvalue weighted by molar-refractivity contribution is 6.02. The van der Waals surface area contributed by atoms with Gasteiger partial charge in [0.1, 0.15) is 17.5 Å². The molecule has 0 aliphatic carbocycles. The molecule has 0 radical (unpaired) electrons. The molecule has 34 heavy (non-hydrogen) atoms. The summed E-state index contributed by atoms with van der Waals surface area (Å²) in [6.45, 7) is 0.296. The maximum absolute atomic E-state index is 14.0. The molecule has 2 N–H and O–H groups in total. The maximum Gasteiger partial charge on any atom is 0.258 e. The molecule has 1 aliphatic rings. The van der Waals surface area contributed by atoms with E-state index in [9.17, 15) is 9.59 Å². The molecule has 1 aliphatic heterocycles. The van der Waals surface area contributed by atoms with Gasteiger partial charge in [-0.25, -0.2) is 4.68 Å². The Labute approximate surface area is 197 Å². The second-order valence-corrected chi connectivity index (χ2v) is 8.20. The van der Waals surface area contributed by atoms with Crippen LogP contribution in [0, 0.1) is 0 Å². The van der Waals surface area contributed by atoms with Crippen LogP contribution in [0.15, 0.2) is 85.1 Å². The van der Waals surface area contributed by atoms with E-state index in [0.29, 0.717) is 35.5 Å². The van der Waals surface area contributed by atoms with Crippen LogP contribution in [0.25, 0.3) is 16.9 Å². The number of benzene rings is 3. The van der Waals surface area contributed by atoms with Gasteiger partial charge in [0.25, 0.3) is 5.91 Å². The molecule has 0 bridgehead atoms. The fraction of sp³-hybridized carbons (Fsp3) is 0.148. The molecule has 1 aromatic heterocycles. The molecule has 0 saturated heterocycles. The van der Waals surface area contributed by atoms with Crippen LogP contribution in [0.2, 0.25) is 0 Å². The summed E-state index contributed by atoms with van der Waals surface area (Å²) in [6, 6.07) is 24.1. The standard InChI is InChI=1S/C27H24N4O3/c1-34-24-14-8-7-13-21(24)25-22(17-31(29-25)20-11-3-2-4-12-20)27(33)30-16-19-10-6-5-9-18(19)15-23(30)26(28)32/h2-14,17,23H,15-16H2,1H3,(H2,28,32). The molecule has 4 aromatic rings. The van der Waals surface area contributed by atoms with Crippen LogP contribution in [-0.2, 0) is 17.8 Å². The van der Waals surface area contributed by atoms with Crippen molar-refractivity contribution in [2.24, 2.45) is 5.73 Å². The third-order valence-corrected chi connectivity index (χ3v) is 6.17. The summed E-state index contributed by atoms with van der Waals surface area (Å²) in [7, 11) is 1.58. The normalized spacial score (nSPS) is 15.0. The summed E-state index contributed by atoms with van der Waals surface area (Å²) in [4.78, 5) is 27.9. The highest BCUT2D eigenvalue weighted by Crippen LogP contribution is 2.34. The highest BCUT2D eigenvalue weighted by Gasteiger charge is 2.36. The number of aromatic nitrogens is 2. The molecular weight excluding hydrogens is 428 g/mol. The summed E-state index contributed by atoms with van der Waals surface area (Å²) in [5.74, 6) is -0.233. The van der Waals surface area contributed by atoms with Crippen molar-refractivity contribution in [1.82, 2.24) is 14.7 Å². The lowest BCUT2D eigenvalue weighted by Gasteiger charge is -2.35. The lowest BCUT2D eigenvalue weighted by molar-refractivity contribution is -0.122. The van der Waals surface area contributed by atoms with E-state index in [1.165, 1.54) is 0 Å². The Morgan fingerprint density at radius 3 is 2.35 bits per heavy atom. The van der Waals surface area contributed by atoms with Gasteiger partial charge in [-0.3, -0.25) is 9.59 Å². The number of hydrogen-bond acceptors (Lipinski definition) is 4. The van der Waals surface area contributed by atoms with Gasteiger partial charge in [0, 0.05) is 24.7 Å². The molecule has 7 nitrogen and oxygen atoms in total. The minimum absolute atomic E-state index is 0.296. The first kappa shape index (κ1) is 21.5. The molecule has 2 amide bonds. The van der Waals surface area contributed by atoms with E-state index in [0.717, 1.165) is 16.8 Å². The van der Waals surface area contributed by atoms with E-state index < -0.39 is 11.9 Å². The Morgan fingerprint density at radius 2 is 1.62 bits per heavy atom. The monoisotopic (exact) mass is 452 g/mol. The number of rotatable bonds is 5. The lowest BCUT2D eigenvalue weighted by Crippen LogP contribution is -2.51. The second-order valence-electron chi connectivity index (χ2n) is 8.20. The smallest absolute Gasteiger partial charge is 0.258 e. The zero-order valence-corrected chi connectivity index (χ0v) is 18.7. The number of ether oxygens (including phenoxy) is 1. The molecule has 1 unspecified atom stereocenters. The highest BCUT2D eigenvalue weighted by atomic mass is 16.5. The van der Waals surface area contributed by atoms with Crippen molar-refractivity contribution in [2.75, 3.05) is 7.11 Å². The van der Waals surface area contributed by atoms with Crippen molar-refractivity contribution in [3.63, 3.8) is 0 Å². The van der Waals surface area contributed by atoms with Crippen molar-refractivity contribution in [3.05, 3.63) is 102 Å². The van der Waals surface area contributed by atoms with Gasteiger partial charge in [-0.05, 0) is 35.4 Å². The van der Waals surface area contributed by atoms with Gasteiger partial charge < -0.3 is 15.4 Å². The summed E-state index contributed by atoms with van der Waals surface area (Å²) in [5, 5.41) is 4.76. The summed E-state index contributed by atoms with van der Waals surface area (Å²) in [5.41, 5.74) is 10.1. The average molecular weight is 453 g/mol. The summed E-state index contributed by atoms with van der Waals surface area (Å²) >= 11 is 0. The van der Waals surface area contributed by atoms with Crippen LogP contribution in [0.5, 0.6) is 5.75 Å². The van der Waals surface area contributed by atoms with Crippen molar-refractivity contribution in [2.45, 2.75) is 19.0 Å². The zero-order valence-electron chi connectivity index (χ0n) is 18.7. The molecule has 0 saturated carbocycles. The number of amides is 2. The Bertz CT molecular complexity index is 1360. The third kappa shape index (κ3) is 3.81. The number of carbonyl (C=O) groups is 2. The van der Waals surface area contributed by atoms with Crippen molar-refractivity contribution < 1.29 is 14.3 Å². The van der Waals surface area contributed by atoms with E-state index >= 15 is 0 Å². The number of nitrogens with two attached hydrogens (primary N) is 1. The Morgan fingerprint density at radius 1 is 0.941 bits per heavy atom. The second kappa shape index (κ2) is 8.86. The Balaban J connectivity index is 1.64. The number of primary amides is 1. The molecule has 0 spiro atoms. The summed E-state index contributed by atoms with van der Waals surface area (Å²) in [6.07, 6.45) is 2.09. The fourth-order valence-electron chi connectivity index (χ4n) is 4.43. The van der Waals surface area contributed by atoms with Crippen LogP contribution in [0.4, 0.5) is 0 Å². The number of nitrogens with zero attached hydrogens (tertiary/aromatic N) is 3. The van der Waals surface area contributed by atoms with Crippen LogP contribution < -0.4 is 10.5 Å². The van der Waals surface area contributed by atoms with Crippen LogP contribution in [0.3, 0.4) is 0 Å². The quantitative estimate of drug-likeness (QED) is 0.501. The molecule has 1 atom stereocenters. The topological polar surface area (TPSA) is 90.5 Å². The molecule has 7 heteroatoms.